The number of rotatable bonds is 4. The van der Waals surface area contributed by atoms with Crippen LogP contribution in [-0.2, 0) is 16.0 Å². The maximum Gasteiger partial charge on any atom is 0.311 e. The zero-order chi connectivity index (χ0) is 20.1. The molecule has 6 nitrogen and oxygen atoms in total. The normalized spacial score (nSPS) is 36.2. The number of aliphatic hydroxyl groups excluding tert-OH is 2. The average molecular weight is 388 g/mol. The van der Waals surface area contributed by atoms with Gasteiger partial charge in [-0.05, 0) is 78.5 Å². The molecular formula is C22H28O6. The third kappa shape index (κ3) is 3.22. The largest absolute Gasteiger partial charge is 0.481 e. The molecule has 0 heterocycles. The molecule has 0 spiro atoms. The number of aliphatic hydroxyl groups is 2. The zero-order valence-corrected chi connectivity index (χ0v) is 16.1. The number of esters is 1. The molecule has 6 atom stereocenters. The van der Waals surface area contributed by atoms with Gasteiger partial charge in [0.15, 0.2) is 0 Å². The predicted molar refractivity (Wildman–Crippen MR) is 101 cm³/mol. The number of carboxylic acids is 1. The molecule has 2 fully saturated rings. The van der Waals surface area contributed by atoms with Crippen LogP contribution in [0.3, 0.4) is 0 Å². The molecule has 3 aliphatic carbocycles. The molecule has 2 saturated carbocycles. The lowest BCUT2D eigenvalue weighted by atomic mass is 9.55. The smallest absolute Gasteiger partial charge is 0.311 e. The van der Waals surface area contributed by atoms with Crippen LogP contribution >= 0.6 is 0 Å². The molecule has 1 aromatic carbocycles. The Kier molecular flexibility index (Phi) is 4.96. The number of aliphatic carboxylic acids is 1. The van der Waals surface area contributed by atoms with Crippen LogP contribution in [0.15, 0.2) is 18.2 Å². The topological polar surface area (TPSA) is 104 Å². The number of hydrogen-bond acceptors (Lipinski definition) is 5. The van der Waals surface area contributed by atoms with Crippen LogP contribution in [-0.4, -0.2) is 39.5 Å². The van der Waals surface area contributed by atoms with Gasteiger partial charge >= 0.3 is 11.9 Å². The van der Waals surface area contributed by atoms with Crippen LogP contribution in [0.4, 0.5) is 0 Å². The molecule has 3 aliphatic rings. The van der Waals surface area contributed by atoms with Crippen LogP contribution in [0, 0.1) is 17.3 Å². The van der Waals surface area contributed by atoms with Gasteiger partial charge in [0.05, 0.1) is 25.0 Å². The van der Waals surface area contributed by atoms with Gasteiger partial charge in [0.25, 0.3) is 0 Å². The van der Waals surface area contributed by atoms with Crippen LogP contribution < -0.4 is 4.74 Å². The van der Waals surface area contributed by atoms with E-state index in [1.54, 1.807) is 6.07 Å². The Morgan fingerprint density at radius 2 is 2.00 bits per heavy atom. The third-order valence-corrected chi connectivity index (χ3v) is 7.45. The van der Waals surface area contributed by atoms with Crippen LogP contribution in [0.5, 0.6) is 5.75 Å². The van der Waals surface area contributed by atoms with E-state index in [0.29, 0.717) is 29.9 Å². The first-order valence-electron chi connectivity index (χ1n) is 10.2. The summed E-state index contributed by atoms with van der Waals surface area (Å²) in [5.41, 5.74) is 2.28. The van der Waals surface area contributed by atoms with E-state index in [1.165, 1.54) is 11.1 Å². The highest BCUT2D eigenvalue weighted by Gasteiger charge is 2.57. The van der Waals surface area contributed by atoms with Crippen molar-refractivity contribution < 1.29 is 29.6 Å². The summed E-state index contributed by atoms with van der Waals surface area (Å²) in [5.74, 6) is 0.134. The Morgan fingerprint density at radius 3 is 2.75 bits per heavy atom. The second-order valence-electron chi connectivity index (χ2n) is 8.94. The van der Waals surface area contributed by atoms with Crippen molar-refractivity contribution in [1.29, 1.82) is 0 Å². The minimum atomic E-state index is -1.01. The van der Waals surface area contributed by atoms with E-state index in [9.17, 15) is 19.8 Å². The molecule has 0 radical (unpaired) electrons. The fourth-order valence-corrected chi connectivity index (χ4v) is 6.00. The van der Waals surface area contributed by atoms with E-state index in [-0.39, 0.29) is 18.3 Å². The summed E-state index contributed by atoms with van der Waals surface area (Å²) in [6, 6.07) is 5.75. The number of carbonyl (C=O) groups excluding carboxylic acids is 1. The van der Waals surface area contributed by atoms with E-state index < -0.39 is 24.1 Å². The van der Waals surface area contributed by atoms with E-state index in [2.05, 4.69) is 6.92 Å². The lowest BCUT2D eigenvalue weighted by molar-refractivity contribution is -0.142. The fraction of sp³-hybridized carbons (Fsp3) is 0.636. The number of carboxylic acid groups (broad SMARTS) is 1. The van der Waals surface area contributed by atoms with Gasteiger partial charge in [0.1, 0.15) is 5.75 Å². The Morgan fingerprint density at radius 1 is 1.21 bits per heavy atom. The molecule has 3 N–H and O–H groups in total. The number of aryl methyl sites for hydroxylation is 1. The molecule has 152 valence electrons. The maximum absolute atomic E-state index is 11.8. The molecule has 0 unspecified atom stereocenters. The Labute approximate surface area is 164 Å². The SMILES string of the molecule is C[C@]12CC[C@H]3c4ccc(OC(=O)CCC(=O)O)cc4CC[C@H]3[C@H]1C[C@H](O)[C@@H]2O. The number of hydrogen-bond donors (Lipinski definition) is 3. The maximum atomic E-state index is 11.8. The number of ether oxygens (including phenoxy) is 1. The molecule has 6 heteroatoms. The molecule has 0 bridgehead atoms. The van der Waals surface area contributed by atoms with Gasteiger partial charge in [0, 0.05) is 0 Å². The summed E-state index contributed by atoms with van der Waals surface area (Å²) in [4.78, 5) is 22.4. The van der Waals surface area contributed by atoms with Crippen molar-refractivity contribution in [3.05, 3.63) is 29.3 Å². The highest BCUT2D eigenvalue weighted by atomic mass is 16.5. The van der Waals surface area contributed by atoms with Crippen LogP contribution in [0.2, 0.25) is 0 Å². The predicted octanol–water partition coefficient (Wildman–Crippen LogP) is 2.64. The van der Waals surface area contributed by atoms with E-state index in [1.807, 2.05) is 12.1 Å². The molecule has 0 saturated heterocycles. The van der Waals surface area contributed by atoms with Crippen molar-refractivity contribution in [1.82, 2.24) is 0 Å². The highest BCUT2D eigenvalue weighted by molar-refractivity contribution is 5.78. The van der Waals surface area contributed by atoms with E-state index >= 15 is 0 Å². The molecule has 28 heavy (non-hydrogen) atoms. The standard InChI is InChI=1S/C22H28O6/c1-22-9-8-15-14-5-3-13(28-20(26)7-6-19(24)25)10-12(14)2-4-16(15)17(22)11-18(23)21(22)27/h3,5,10,15-18,21,23,27H,2,4,6-9,11H2,1H3,(H,24,25)/t15-,16+,17+,18-,21-,22-/m0/s1. The van der Waals surface area contributed by atoms with E-state index in [4.69, 9.17) is 9.84 Å². The second-order valence-corrected chi connectivity index (χ2v) is 8.94. The van der Waals surface area contributed by atoms with Gasteiger partial charge in [-0.15, -0.1) is 0 Å². The minimum Gasteiger partial charge on any atom is -0.481 e. The molecule has 0 aromatic heterocycles. The fourth-order valence-electron chi connectivity index (χ4n) is 6.00. The molecule has 4 rings (SSSR count). The van der Waals surface area contributed by atoms with Crippen molar-refractivity contribution in [2.45, 2.75) is 70.0 Å². The molecule has 0 amide bonds. The monoisotopic (exact) mass is 388 g/mol. The quantitative estimate of drug-likeness (QED) is 0.541. The lowest BCUT2D eigenvalue weighted by Crippen LogP contribution is -2.44. The van der Waals surface area contributed by atoms with Gasteiger partial charge in [-0.3, -0.25) is 9.59 Å². The van der Waals surface area contributed by atoms with Gasteiger partial charge < -0.3 is 20.1 Å². The van der Waals surface area contributed by atoms with Crippen molar-refractivity contribution >= 4 is 11.9 Å². The second kappa shape index (κ2) is 7.16. The van der Waals surface area contributed by atoms with Crippen molar-refractivity contribution in [3.63, 3.8) is 0 Å². The molecule has 1 aromatic rings. The number of carbonyl (C=O) groups is 2. The van der Waals surface area contributed by atoms with Gasteiger partial charge in [-0.25, -0.2) is 0 Å². The number of benzene rings is 1. The van der Waals surface area contributed by atoms with Gasteiger partial charge in [-0.1, -0.05) is 13.0 Å². The Hall–Kier alpha value is -1.92. The molecular weight excluding hydrogens is 360 g/mol. The lowest BCUT2D eigenvalue weighted by Gasteiger charge is -2.49. The summed E-state index contributed by atoms with van der Waals surface area (Å²) in [5, 5.41) is 29.4. The summed E-state index contributed by atoms with van der Waals surface area (Å²) in [6.45, 7) is 2.13. The van der Waals surface area contributed by atoms with Crippen LogP contribution in [0.1, 0.15) is 62.5 Å². The summed E-state index contributed by atoms with van der Waals surface area (Å²) < 4.78 is 5.31. The van der Waals surface area contributed by atoms with Crippen molar-refractivity contribution in [2.75, 3.05) is 0 Å². The van der Waals surface area contributed by atoms with Crippen molar-refractivity contribution in [2.24, 2.45) is 17.3 Å². The summed E-state index contributed by atoms with van der Waals surface area (Å²) in [6.07, 6.45) is 2.84. The van der Waals surface area contributed by atoms with Gasteiger partial charge in [-0.2, -0.15) is 0 Å². The summed E-state index contributed by atoms with van der Waals surface area (Å²) in [7, 11) is 0. The van der Waals surface area contributed by atoms with E-state index in [0.717, 1.165) is 25.7 Å². The minimum absolute atomic E-state index is 0.137. The first-order chi connectivity index (χ1) is 13.3. The Balaban J connectivity index is 1.50. The molecule has 0 aliphatic heterocycles. The number of fused-ring (bicyclic) bond motifs is 5. The zero-order valence-electron chi connectivity index (χ0n) is 16.1. The summed E-state index contributed by atoms with van der Waals surface area (Å²) >= 11 is 0. The van der Waals surface area contributed by atoms with Crippen molar-refractivity contribution in [3.8, 4) is 5.75 Å². The highest BCUT2D eigenvalue weighted by Crippen LogP contribution is 2.60. The first kappa shape index (κ1) is 19.4. The Bertz CT molecular complexity index is 789. The third-order valence-electron chi connectivity index (χ3n) is 7.45. The van der Waals surface area contributed by atoms with Gasteiger partial charge in [0.2, 0.25) is 0 Å². The average Bonchev–Trinajstić information content (AvgIpc) is 2.90. The first-order valence-corrected chi connectivity index (χ1v) is 10.2. The van der Waals surface area contributed by atoms with Crippen LogP contribution in [0.25, 0.3) is 0 Å².